The van der Waals surface area contributed by atoms with Crippen molar-refractivity contribution in [2.24, 2.45) is 0 Å². The molecule has 1 N–H and O–H groups in total. The van der Waals surface area contributed by atoms with Crippen molar-refractivity contribution in [1.29, 1.82) is 0 Å². The number of piperazine rings is 1. The predicted molar refractivity (Wildman–Crippen MR) is 104 cm³/mol. The molecule has 1 aromatic rings. The molecule has 1 atom stereocenters. The lowest BCUT2D eigenvalue weighted by atomic mass is 9.84. The van der Waals surface area contributed by atoms with E-state index in [-0.39, 0.29) is 11.4 Å². The van der Waals surface area contributed by atoms with Crippen LogP contribution in [0.1, 0.15) is 18.4 Å². The highest BCUT2D eigenvalue weighted by Gasteiger charge is 2.49. The maximum atomic E-state index is 13.3. The van der Waals surface area contributed by atoms with E-state index in [1.165, 1.54) is 0 Å². The monoisotopic (exact) mass is 434 g/mol. The topological polar surface area (TPSA) is 62.2 Å². The third-order valence-corrected chi connectivity index (χ3v) is 6.29. The molecule has 1 unspecified atom stereocenters. The highest BCUT2D eigenvalue weighted by atomic mass is 79.9. The molecule has 7 heteroatoms. The number of rotatable bonds is 3. The van der Waals surface area contributed by atoms with Crippen LogP contribution >= 0.6 is 15.9 Å². The minimum atomic E-state index is -0.985. The molecule has 2 saturated heterocycles. The second-order valence-corrected chi connectivity index (χ2v) is 8.15. The zero-order chi connectivity index (χ0) is 19.0. The van der Waals surface area contributed by atoms with E-state index in [0.717, 1.165) is 18.4 Å². The first-order chi connectivity index (χ1) is 13.0. The molecule has 144 valence electrons. The first-order valence-electron chi connectivity index (χ1n) is 9.10. The molecule has 0 bridgehead atoms. The van der Waals surface area contributed by atoms with E-state index in [1.807, 2.05) is 47.2 Å². The van der Waals surface area contributed by atoms with Gasteiger partial charge in [0.1, 0.15) is 18.4 Å². The van der Waals surface area contributed by atoms with Crippen molar-refractivity contribution in [3.8, 4) is 0 Å². The smallest absolute Gasteiger partial charge is 0.274 e. The van der Waals surface area contributed by atoms with E-state index in [9.17, 15) is 9.90 Å². The Morgan fingerprint density at radius 3 is 2.70 bits per heavy atom. The Bertz CT molecular complexity index is 786. The van der Waals surface area contributed by atoms with Gasteiger partial charge in [-0.2, -0.15) is 0 Å². The Balaban J connectivity index is 1.66. The number of aliphatic hydroxyl groups is 1. The van der Waals surface area contributed by atoms with Crippen molar-refractivity contribution in [3.05, 3.63) is 58.0 Å². The van der Waals surface area contributed by atoms with Gasteiger partial charge in [-0.05, 0) is 18.4 Å². The number of hydrogen-bond acceptors (Lipinski definition) is 5. The van der Waals surface area contributed by atoms with Gasteiger partial charge in [0.05, 0.1) is 5.54 Å². The van der Waals surface area contributed by atoms with Crippen LogP contribution in [0.4, 0.5) is 0 Å². The molecule has 0 aliphatic carbocycles. The van der Waals surface area contributed by atoms with Crippen LogP contribution in [0.2, 0.25) is 0 Å². The van der Waals surface area contributed by atoms with E-state index in [2.05, 4.69) is 15.9 Å². The van der Waals surface area contributed by atoms with Gasteiger partial charge in [-0.1, -0.05) is 46.3 Å². The Labute approximate surface area is 167 Å². The number of carbonyl (C=O) groups is 1. The fourth-order valence-corrected chi connectivity index (χ4v) is 4.41. The number of hydrogen-bond donors (Lipinski definition) is 1. The maximum absolute atomic E-state index is 13.3. The number of amides is 1. The van der Waals surface area contributed by atoms with Crippen LogP contribution in [0, 0.1) is 0 Å². The van der Waals surface area contributed by atoms with E-state index >= 15 is 0 Å². The highest BCUT2D eigenvalue weighted by Crippen LogP contribution is 2.40. The molecule has 3 aliphatic heterocycles. The maximum Gasteiger partial charge on any atom is 0.274 e. The lowest BCUT2D eigenvalue weighted by Gasteiger charge is -2.52. The normalized spacial score (nSPS) is 24.8. The summed E-state index contributed by atoms with van der Waals surface area (Å²) >= 11 is 3.44. The zero-order valence-electron chi connectivity index (χ0n) is 15.2. The van der Waals surface area contributed by atoms with Gasteiger partial charge in [0.15, 0.2) is 5.76 Å². The number of aliphatic hydroxyl groups excluding tert-OH is 1. The summed E-state index contributed by atoms with van der Waals surface area (Å²) in [5, 5.41) is 10.6. The third-order valence-electron chi connectivity index (χ3n) is 5.65. The van der Waals surface area contributed by atoms with Gasteiger partial charge in [-0.25, -0.2) is 0 Å². The summed E-state index contributed by atoms with van der Waals surface area (Å²) in [5.74, 6) is 0.175. The SMILES string of the molecule is CN1C(=O)C2=C(OCc3ccccc3)C(O)C(Br)=CN2CC12CCOCC2. The van der Waals surface area contributed by atoms with Crippen LogP contribution in [-0.4, -0.2) is 59.3 Å². The molecule has 6 nitrogen and oxygen atoms in total. The number of fused-ring (bicyclic) bond motifs is 1. The van der Waals surface area contributed by atoms with E-state index in [0.29, 0.717) is 42.3 Å². The van der Waals surface area contributed by atoms with Crippen molar-refractivity contribution < 1.29 is 19.4 Å². The summed E-state index contributed by atoms with van der Waals surface area (Å²) in [7, 11) is 1.84. The molecule has 0 radical (unpaired) electrons. The summed E-state index contributed by atoms with van der Waals surface area (Å²) in [6, 6.07) is 9.72. The van der Waals surface area contributed by atoms with Gasteiger partial charge in [-0.15, -0.1) is 0 Å². The molecule has 0 aromatic heterocycles. The number of halogens is 1. The average Bonchev–Trinajstić information content (AvgIpc) is 2.69. The first kappa shape index (κ1) is 18.5. The molecule has 1 spiro atoms. The molecular formula is C20H23BrN2O4. The first-order valence-corrected chi connectivity index (χ1v) is 9.90. The highest BCUT2D eigenvalue weighted by molar-refractivity contribution is 9.11. The van der Waals surface area contributed by atoms with Gasteiger partial charge in [0.2, 0.25) is 0 Å². The summed E-state index contributed by atoms with van der Waals surface area (Å²) in [6.45, 7) is 2.25. The Kier molecular flexibility index (Phi) is 5.01. The molecular weight excluding hydrogens is 412 g/mol. The van der Waals surface area contributed by atoms with Gasteiger partial charge in [0, 0.05) is 37.5 Å². The molecule has 3 heterocycles. The molecule has 1 amide bonds. The number of nitrogens with zero attached hydrogens (tertiary/aromatic N) is 2. The van der Waals surface area contributed by atoms with E-state index in [1.54, 1.807) is 6.20 Å². The lowest BCUT2D eigenvalue weighted by Crippen LogP contribution is -2.64. The van der Waals surface area contributed by atoms with Crippen LogP contribution in [0.5, 0.6) is 0 Å². The van der Waals surface area contributed by atoms with Crippen LogP contribution in [0.25, 0.3) is 0 Å². The largest absolute Gasteiger partial charge is 0.488 e. The third kappa shape index (κ3) is 3.28. The number of likely N-dealkylation sites (N-methyl/N-ethyl adjacent to an activating group) is 1. The predicted octanol–water partition coefficient (Wildman–Crippen LogP) is 2.35. The Morgan fingerprint density at radius 2 is 2.00 bits per heavy atom. The van der Waals surface area contributed by atoms with Crippen LogP contribution in [-0.2, 0) is 20.9 Å². The number of benzene rings is 1. The fraction of sp³-hybridized carbons (Fsp3) is 0.450. The van der Waals surface area contributed by atoms with E-state index < -0.39 is 6.10 Å². The second-order valence-electron chi connectivity index (χ2n) is 7.23. The summed E-state index contributed by atoms with van der Waals surface area (Å²) in [5.41, 5.74) is 1.14. The van der Waals surface area contributed by atoms with Crippen molar-refractivity contribution >= 4 is 21.8 Å². The summed E-state index contributed by atoms with van der Waals surface area (Å²) in [6.07, 6.45) is 2.42. The molecule has 27 heavy (non-hydrogen) atoms. The van der Waals surface area contributed by atoms with Gasteiger partial charge in [-0.3, -0.25) is 4.79 Å². The van der Waals surface area contributed by atoms with Crippen molar-refractivity contribution in [2.45, 2.75) is 31.1 Å². The Hall–Kier alpha value is -1.83. The minimum absolute atomic E-state index is 0.124. The van der Waals surface area contributed by atoms with Crippen LogP contribution < -0.4 is 0 Å². The molecule has 2 fully saturated rings. The summed E-state index contributed by atoms with van der Waals surface area (Å²) in [4.78, 5) is 17.0. The van der Waals surface area contributed by atoms with Gasteiger partial charge in [0.25, 0.3) is 5.91 Å². The second kappa shape index (κ2) is 7.30. The van der Waals surface area contributed by atoms with Gasteiger partial charge < -0.3 is 24.4 Å². The van der Waals surface area contributed by atoms with E-state index in [4.69, 9.17) is 9.47 Å². The zero-order valence-corrected chi connectivity index (χ0v) is 16.8. The van der Waals surface area contributed by atoms with Gasteiger partial charge >= 0.3 is 0 Å². The molecule has 1 aromatic carbocycles. The number of ether oxygens (including phenoxy) is 2. The van der Waals surface area contributed by atoms with Crippen molar-refractivity contribution in [2.75, 3.05) is 26.8 Å². The van der Waals surface area contributed by atoms with Crippen molar-refractivity contribution in [3.63, 3.8) is 0 Å². The average molecular weight is 435 g/mol. The molecule has 3 aliphatic rings. The van der Waals surface area contributed by atoms with Crippen LogP contribution in [0.3, 0.4) is 0 Å². The number of carbonyl (C=O) groups excluding carboxylic acids is 1. The van der Waals surface area contributed by atoms with Crippen molar-refractivity contribution in [1.82, 2.24) is 9.80 Å². The quantitative estimate of drug-likeness (QED) is 0.790. The molecule has 0 saturated carbocycles. The molecule has 4 rings (SSSR count). The lowest BCUT2D eigenvalue weighted by molar-refractivity contribution is -0.144. The summed E-state index contributed by atoms with van der Waals surface area (Å²) < 4.78 is 12.1. The minimum Gasteiger partial charge on any atom is -0.488 e. The fourth-order valence-electron chi connectivity index (χ4n) is 3.96. The Morgan fingerprint density at radius 1 is 1.30 bits per heavy atom. The van der Waals surface area contributed by atoms with Crippen LogP contribution in [0.15, 0.2) is 52.5 Å². The standard InChI is InChI=1S/C20H23BrN2O4/c1-22-19(25)16-18(27-12-14-5-3-2-4-6-14)17(24)15(21)11-23(16)13-20(22)7-9-26-10-8-20/h2-6,11,17,24H,7-10,12-13H2,1H3.